The van der Waals surface area contributed by atoms with Crippen molar-refractivity contribution in [1.82, 2.24) is 0 Å². The summed E-state index contributed by atoms with van der Waals surface area (Å²) in [6.45, 7) is 2.20. The molecule has 0 spiro atoms. The Bertz CT molecular complexity index is 282. The predicted molar refractivity (Wildman–Crippen MR) is 72.2 cm³/mol. The SMILES string of the molecule is CCC[SiH](Cl)CC=CCc1ccccc1. The molecule has 0 aromatic heterocycles. The van der Waals surface area contributed by atoms with Gasteiger partial charge in [-0.1, -0.05) is 55.8 Å². The summed E-state index contributed by atoms with van der Waals surface area (Å²) in [5.41, 5.74) is 1.37. The summed E-state index contributed by atoms with van der Waals surface area (Å²) in [6, 6.07) is 12.9. The monoisotopic (exact) mass is 238 g/mol. The molecule has 0 nitrogen and oxygen atoms in total. The quantitative estimate of drug-likeness (QED) is 0.397. The van der Waals surface area contributed by atoms with E-state index in [4.69, 9.17) is 11.1 Å². The smallest absolute Gasteiger partial charge is 0.144 e. The molecule has 0 aliphatic rings. The maximum atomic E-state index is 6.25. The lowest BCUT2D eigenvalue weighted by atomic mass is 10.1. The highest BCUT2D eigenvalue weighted by molar-refractivity contribution is 7.07. The molecule has 0 saturated carbocycles. The highest BCUT2D eigenvalue weighted by atomic mass is 35.6. The van der Waals surface area contributed by atoms with Gasteiger partial charge in [0.25, 0.3) is 0 Å². The second-order valence-corrected chi connectivity index (χ2v) is 7.88. The van der Waals surface area contributed by atoms with Gasteiger partial charge in [0.05, 0.1) is 0 Å². The average Bonchev–Trinajstić information content (AvgIpc) is 2.26. The lowest BCUT2D eigenvalue weighted by Gasteiger charge is -2.00. The molecular formula is C13H19ClSi. The largest absolute Gasteiger partial charge is 0.171 e. The molecule has 0 fully saturated rings. The molecular weight excluding hydrogens is 220 g/mol. The second-order valence-electron chi connectivity index (χ2n) is 3.78. The van der Waals surface area contributed by atoms with E-state index in [-0.39, 0.29) is 0 Å². The van der Waals surface area contributed by atoms with E-state index >= 15 is 0 Å². The van der Waals surface area contributed by atoms with Crippen molar-refractivity contribution in [2.45, 2.75) is 31.9 Å². The molecule has 82 valence electrons. The number of allylic oxidation sites excluding steroid dienone is 2. The highest BCUT2D eigenvalue weighted by Crippen LogP contribution is 2.08. The van der Waals surface area contributed by atoms with Gasteiger partial charge in [0, 0.05) is 0 Å². The lowest BCUT2D eigenvalue weighted by Crippen LogP contribution is -1.99. The van der Waals surface area contributed by atoms with Crippen LogP contribution in [0.15, 0.2) is 42.5 Å². The van der Waals surface area contributed by atoms with Crippen LogP contribution in [0.25, 0.3) is 0 Å². The van der Waals surface area contributed by atoms with E-state index in [0.717, 1.165) is 12.5 Å². The fourth-order valence-electron chi connectivity index (χ4n) is 1.51. The second kappa shape index (κ2) is 7.72. The Kier molecular flexibility index (Phi) is 6.45. The van der Waals surface area contributed by atoms with Crippen LogP contribution in [0.1, 0.15) is 18.9 Å². The zero-order valence-corrected chi connectivity index (χ0v) is 11.2. The maximum Gasteiger partial charge on any atom is 0.144 e. The molecule has 0 amide bonds. The van der Waals surface area contributed by atoms with Crippen LogP contribution in [-0.4, -0.2) is 8.11 Å². The topological polar surface area (TPSA) is 0 Å². The molecule has 0 radical (unpaired) electrons. The van der Waals surface area contributed by atoms with Gasteiger partial charge in [-0.15, -0.1) is 0 Å². The van der Waals surface area contributed by atoms with Gasteiger partial charge in [0.15, 0.2) is 0 Å². The third-order valence-corrected chi connectivity index (χ3v) is 5.53. The van der Waals surface area contributed by atoms with Crippen molar-refractivity contribution in [1.29, 1.82) is 0 Å². The fraction of sp³-hybridized carbons (Fsp3) is 0.385. The number of hydrogen-bond acceptors (Lipinski definition) is 0. The number of rotatable bonds is 6. The number of halogens is 1. The van der Waals surface area contributed by atoms with Crippen LogP contribution in [0, 0.1) is 0 Å². The van der Waals surface area contributed by atoms with E-state index in [1.165, 1.54) is 18.0 Å². The summed E-state index contributed by atoms with van der Waals surface area (Å²) < 4.78 is 0. The van der Waals surface area contributed by atoms with Crippen LogP contribution in [-0.2, 0) is 6.42 Å². The molecule has 0 bridgehead atoms. The van der Waals surface area contributed by atoms with Crippen molar-refractivity contribution in [2.75, 3.05) is 0 Å². The van der Waals surface area contributed by atoms with Crippen LogP contribution in [0.5, 0.6) is 0 Å². The van der Waals surface area contributed by atoms with Crippen LogP contribution >= 0.6 is 11.1 Å². The van der Waals surface area contributed by atoms with Gasteiger partial charge in [-0.3, -0.25) is 0 Å². The molecule has 15 heavy (non-hydrogen) atoms. The summed E-state index contributed by atoms with van der Waals surface area (Å²) in [4.78, 5) is 0. The van der Waals surface area contributed by atoms with Gasteiger partial charge >= 0.3 is 0 Å². The van der Waals surface area contributed by atoms with Gasteiger partial charge in [-0.2, -0.15) is 11.1 Å². The van der Waals surface area contributed by atoms with Crippen molar-refractivity contribution in [3.05, 3.63) is 48.0 Å². The Morgan fingerprint density at radius 2 is 1.93 bits per heavy atom. The van der Waals surface area contributed by atoms with Gasteiger partial charge in [0.2, 0.25) is 0 Å². The molecule has 1 atom stereocenters. The summed E-state index contributed by atoms with van der Waals surface area (Å²) in [5, 5.41) is 0. The van der Waals surface area contributed by atoms with E-state index in [1.54, 1.807) is 0 Å². The van der Waals surface area contributed by atoms with E-state index in [9.17, 15) is 0 Å². The number of hydrogen-bond donors (Lipinski definition) is 0. The molecule has 1 unspecified atom stereocenters. The van der Waals surface area contributed by atoms with Gasteiger partial charge in [-0.05, 0) is 24.1 Å². The van der Waals surface area contributed by atoms with Crippen molar-refractivity contribution < 1.29 is 0 Å². The van der Waals surface area contributed by atoms with Crippen molar-refractivity contribution in [3.8, 4) is 0 Å². The van der Waals surface area contributed by atoms with Crippen molar-refractivity contribution >= 4 is 19.2 Å². The van der Waals surface area contributed by atoms with E-state index in [2.05, 4.69) is 49.4 Å². The number of benzene rings is 1. The van der Waals surface area contributed by atoms with Gasteiger partial charge < -0.3 is 0 Å². The van der Waals surface area contributed by atoms with E-state index in [0.29, 0.717) is 0 Å². The average molecular weight is 239 g/mol. The van der Waals surface area contributed by atoms with Gasteiger partial charge in [0.1, 0.15) is 8.11 Å². The third-order valence-electron chi connectivity index (χ3n) is 2.36. The van der Waals surface area contributed by atoms with Crippen LogP contribution in [0.4, 0.5) is 0 Å². The first-order chi connectivity index (χ1) is 7.33. The Morgan fingerprint density at radius 3 is 2.60 bits per heavy atom. The summed E-state index contributed by atoms with van der Waals surface area (Å²) in [6.07, 6.45) is 6.76. The van der Waals surface area contributed by atoms with Crippen molar-refractivity contribution in [2.24, 2.45) is 0 Å². The molecule has 0 heterocycles. The molecule has 0 aliphatic heterocycles. The third kappa shape index (κ3) is 5.80. The van der Waals surface area contributed by atoms with Crippen LogP contribution < -0.4 is 0 Å². The van der Waals surface area contributed by atoms with Crippen LogP contribution in [0.3, 0.4) is 0 Å². The molecule has 0 N–H and O–H groups in total. The molecule has 1 aromatic carbocycles. The molecule has 0 aliphatic carbocycles. The predicted octanol–water partition coefficient (Wildman–Crippen LogP) is 4.16. The normalized spacial score (nSPS) is 13.2. The van der Waals surface area contributed by atoms with E-state index in [1.807, 2.05) is 0 Å². The van der Waals surface area contributed by atoms with Crippen molar-refractivity contribution in [3.63, 3.8) is 0 Å². The minimum atomic E-state index is -0.942. The minimum Gasteiger partial charge on any atom is -0.171 e. The Morgan fingerprint density at radius 1 is 1.20 bits per heavy atom. The Balaban J connectivity index is 2.22. The molecule has 0 saturated heterocycles. The summed E-state index contributed by atoms with van der Waals surface area (Å²) in [5.74, 6) is 0. The minimum absolute atomic E-state index is 0.942. The molecule has 1 aromatic rings. The lowest BCUT2D eigenvalue weighted by molar-refractivity contribution is 1.07. The first-order valence-corrected chi connectivity index (χ1v) is 9.03. The standard InChI is InChI=1S/C13H19ClSi/c1-2-11-15(14)12-7-6-10-13-8-4-3-5-9-13/h3-9,15H,2,10-12H2,1H3. The highest BCUT2D eigenvalue weighted by Gasteiger charge is 2.01. The first kappa shape index (κ1) is 12.5. The zero-order valence-electron chi connectivity index (χ0n) is 9.33. The zero-order chi connectivity index (χ0) is 10.9. The molecule has 1 rings (SSSR count). The first-order valence-electron chi connectivity index (χ1n) is 5.66. The molecule has 2 heteroatoms. The maximum absolute atomic E-state index is 6.25. The Hall–Kier alpha value is -0.533. The van der Waals surface area contributed by atoms with E-state index < -0.39 is 8.11 Å². The summed E-state index contributed by atoms with van der Waals surface area (Å²) >= 11 is 6.25. The fourth-order valence-corrected chi connectivity index (χ4v) is 3.82. The summed E-state index contributed by atoms with van der Waals surface area (Å²) in [7, 11) is -0.942. The van der Waals surface area contributed by atoms with Crippen LogP contribution in [0.2, 0.25) is 12.1 Å². The Labute approximate surface area is 99.3 Å². The van der Waals surface area contributed by atoms with Gasteiger partial charge in [-0.25, -0.2) is 0 Å².